The van der Waals surface area contributed by atoms with E-state index in [1.807, 2.05) is 5.10 Å². The minimum atomic E-state index is -4.86. The topological polar surface area (TPSA) is 91.7 Å². The van der Waals surface area contributed by atoms with Gasteiger partial charge >= 0.3 is 12.1 Å². The number of piperazine rings is 1. The summed E-state index contributed by atoms with van der Waals surface area (Å²) in [5.74, 6) is -0.956. The summed E-state index contributed by atoms with van der Waals surface area (Å²) in [6.45, 7) is 3.79. The van der Waals surface area contributed by atoms with Gasteiger partial charge in [0.05, 0.1) is 6.61 Å². The molecule has 25 heavy (non-hydrogen) atoms. The van der Waals surface area contributed by atoms with Crippen molar-refractivity contribution in [2.45, 2.75) is 13.1 Å². The Morgan fingerprint density at radius 1 is 1.36 bits per heavy atom. The molecule has 8 nitrogen and oxygen atoms in total. The van der Waals surface area contributed by atoms with E-state index in [0.29, 0.717) is 30.7 Å². The molecule has 2 N–H and O–H groups in total. The minimum absolute atomic E-state index is 0.102. The van der Waals surface area contributed by atoms with Gasteiger partial charge in [0.15, 0.2) is 11.3 Å². The van der Waals surface area contributed by atoms with E-state index in [1.165, 1.54) is 6.92 Å². The summed E-state index contributed by atoms with van der Waals surface area (Å²) in [6.07, 6.45) is -4.86. The fourth-order valence-electron chi connectivity index (χ4n) is 2.68. The van der Waals surface area contributed by atoms with Crippen LogP contribution in [0.25, 0.3) is 5.65 Å². The molecule has 0 radical (unpaired) electrons. The summed E-state index contributed by atoms with van der Waals surface area (Å²) < 4.78 is 45.1. The van der Waals surface area contributed by atoms with Crippen molar-refractivity contribution < 1.29 is 22.7 Å². The predicted octanol–water partition coefficient (Wildman–Crippen LogP) is 0.628. The van der Waals surface area contributed by atoms with Crippen LogP contribution in [0, 0.1) is 0 Å². The van der Waals surface area contributed by atoms with Crippen LogP contribution in [0.3, 0.4) is 0 Å². The van der Waals surface area contributed by atoms with E-state index < -0.39 is 34.6 Å². The van der Waals surface area contributed by atoms with E-state index in [4.69, 9.17) is 4.74 Å². The molecule has 3 heterocycles. The Kier molecular flexibility index (Phi) is 4.41. The van der Waals surface area contributed by atoms with Crippen molar-refractivity contribution in [2.24, 2.45) is 0 Å². The second-order valence-corrected chi connectivity index (χ2v) is 5.43. The molecule has 11 heteroatoms. The first-order valence-corrected chi connectivity index (χ1v) is 7.68. The second-order valence-electron chi connectivity index (χ2n) is 5.43. The first-order valence-electron chi connectivity index (χ1n) is 7.68. The monoisotopic (exact) mass is 359 g/mol. The van der Waals surface area contributed by atoms with Crippen molar-refractivity contribution in [1.82, 2.24) is 19.9 Å². The Balaban J connectivity index is 2.22. The molecule has 0 bridgehead atoms. The lowest BCUT2D eigenvalue weighted by Crippen LogP contribution is -2.44. The van der Waals surface area contributed by atoms with Gasteiger partial charge < -0.3 is 15.0 Å². The average Bonchev–Trinajstić information content (AvgIpc) is 2.96. The van der Waals surface area contributed by atoms with E-state index >= 15 is 0 Å². The smallest absolute Gasteiger partial charge is 0.433 e. The van der Waals surface area contributed by atoms with Gasteiger partial charge in [0.1, 0.15) is 11.4 Å². The number of ether oxygens (including phenoxy) is 1. The molecule has 0 aliphatic carbocycles. The molecule has 0 unspecified atom stereocenters. The molecule has 1 aliphatic rings. The zero-order chi connectivity index (χ0) is 18.2. The lowest BCUT2D eigenvalue weighted by molar-refractivity contribution is -0.141. The molecular weight excluding hydrogens is 343 g/mol. The first kappa shape index (κ1) is 17.3. The standard InChI is InChI=1S/C14H16F3N5O3/c1-2-25-13(24)10-11(14(15,16)17)20-22-9(23)7-8(19-12(10)22)21-5-3-18-4-6-21/h7,18,20H,2-6H2,1H3. The van der Waals surface area contributed by atoms with Gasteiger partial charge in [-0.3, -0.25) is 9.89 Å². The number of hydrogen-bond acceptors (Lipinski definition) is 6. The molecule has 1 fully saturated rings. The largest absolute Gasteiger partial charge is 0.462 e. The van der Waals surface area contributed by atoms with Gasteiger partial charge in [-0.1, -0.05) is 0 Å². The van der Waals surface area contributed by atoms with Crippen molar-refractivity contribution in [3.63, 3.8) is 0 Å². The lowest BCUT2D eigenvalue weighted by Gasteiger charge is -2.28. The number of carbonyl (C=O) groups excluding carboxylic acids is 1. The third kappa shape index (κ3) is 3.18. The predicted molar refractivity (Wildman–Crippen MR) is 81.9 cm³/mol. The number of H-pyrrole nitrogens is 1. The number of aromatic amines is 1. The summed E-state index contributed by atoms with van der Waals surface area (Å²) in [6, 6.07) is 1.14. The molecule has 3 rings (SSSR count). The van der Waals surface area contributed by atoms with Crippen LogP contribution in [0.4, 0.5) is 19.0 Å². The van der Waals surface area contributed by atoms with Gasteiger partial charge in [0.2, 0.25) is 0 Å². The average molecular weight is 359 g/mol. The van der Waals surface area contributed by atoms with Crippen molar-refractivity contribution >= 4 is 17.4 Å². The Morgan fingerprint density at radius 3 is 2.64 bits per heavy atom. The fourth-order valence-corrected chi connectivity index (χ4v) is 2.68. The summed E-state index contributed by atoms with van der Waals surface area (Å²) in [7, 11) is 0. The lowest BCUT2D eigenvalue weighted by atomic mass is 10.2. The van der Waals surface area contributed by atoms with E-state index in [2.05, 4.69) is 10.3 Å². The molecule has 1 saturated heterocycles. The van der Waals surface area contributed by atoms with Crippen molar-refractivity contribution in [3.8, 4) is 0 Å². The highest BCUT2D eigenvalue weighted by molar-refractivity contribution is 5.97. The number of anilines is 1. The maximum atomic E-state index is 13.3. The summed E-state index contributed by atoms with van der Waals surface area (Å²) in [4.78, 5) is 30.2. The van der Waals surface area contributed by atoms with E-state index in [-0.39, 0.29) is 12.4 Å². The summed E-state index contributed by atoms with van der Waals surface area (Å²) in [5, 5.41) is 5.05. The molecular formula is C14H16F3N5O3. The van der Waals surface area contributed by atoms with Gasteiger partial charge in [0.25, 0.3) is 5.56 Å². The highest BCUT2D eigenvalue weighted by atomic mass is 19.4. The normalized spacial score (nSPS) is 15.6. The number of aromatic nitrogens is 3. The minimum Gasteiger partial charge on any atom is -0.462 e. The van der Waals surface area contributed by atoms with Crippen molar-refractivity contribution in [3.05, 3.63) is 27.7 Å². The molecule has 2 aromatic heterocycles. The Labute approximate surface area is 139 Å². The van der Waals surface area contributed by atoms with Crippen LogP contribution < -0.4 is 15.8 Å². The van der Waals surface area contributed by atoms with Crippen molar-refractivity contribution in [1.29, 1.82) is 0 Å². The van der Waals surface area contributed by atoms with Crippen LogP contribution in [0.5, 0.6) is 0 Å². The summed E-state index contributed by atoms with van der Waals surface area (Å²) in [5.41, 5.74) is -3.28. The van der Waals surface area contributed by atoms with Crippen molar-refractivity contribution in [2.75, 3.05) is 37.7 Å². The van der Waals surface area contributed by atoms with Crippen LogP contribution in [-0.4, -0.2) is 53.4 Å². The van der Waals surface area contributed by atoms with Gasteiger partial charge in [-0.25, -0.2) is 14.3 Å². The number of halogens is 3. The number of rotatable bonds is 3. The first-order chi connectivity index (χ1) is 11.8. The SMILES string of the molecule is CCOC(=O)c1c(C(F)(F)F)[nH]n2c(=O)cc(N3CCNCC3)nc12. The highest BCUT2D eigenvalue weighted by Crippen LogP contribution is 2.33. The molecule has 0 amide bonds. The molecule has 136 valence electrons. The van der Waals surface area contributed by atoms with Gasteiger partial charge in [-0.2, -0.15) is 13.2 Å². The van der Waals surface area contributed by atoms with E-state index in [0.717, 1.165) is 6.07 Å². The molecule has 0 spiro atoms. The Morgan fingerprint density at radius 2 is 2.04 bits per heavy atom. The van der Waals surface area contributed by atoms with Crippen LogP contribution >= 0.6 is 0 Å². The van der Waals surface area contributed by atoms with Gasteiger partial charge in [-0.05, 0) is 6.92 Å². The number of esters is 1. The van der Waals surface area contributed by atoms with Crippen LogP contribution in [0.15, 0.2) is 10.9 Å². The summed E-state index contributed by atoms with van der Waals surface area (Å²) >= 11 is 0. The number of hydrogen-bond donors (Lipinski definition) is 2. The Hall–Kier alpha value is -2.56. The number of carbonyl (C=O) groups is 1. The van der Waals surface area contributed by atoms with E-state index in [1.54, 1.807) is 4.90 Å². The molecule has 0 aromatic carbocycles. The zero-order valence-electron chi connectivity index (χ0n) is 13.3. The fraction of sp³-hybridized carbons (Fsp3) is 0.500. The molecule has 0 atom stereocenters. The van der Waals surface area contributed by atoms with Crippen LogP contribution in [-0.2, 0) is 10.9 Å². The van der Waals surface area contributed by atoms with E-state index in [9.17, 15) is 22.8 Å². The zero-order valence-corrected chi connectivity index (χ0v) is 13.3. The number of alkyl halides is 3. The number of nitrogens with zero attached hydrogens (tertiary/aromatic N) is 3. The van der Waals surface area contributed by atoms with Crippen LogP contribution in [0.2, 0.25) is 0 Å². The number of nitrogens with one attached hydrogen (secondary N) is 2. The van der Waals surface area contributed by atoms with Crippen LogP contribution in [0.1, 0.15) is 23.0 Å². The maximum absolute atomic E-state index is 13.3. The third-order valence-corrected chi connectivity index (χ3v) is 3.81. The maximum Gasteiger partial charge on any atom is 0.433 e. The third-order valence-electron chi connectivity index (χ3n) is 3.81. The number of fused-ring (bicyclic) bond motifs is 1. The highest BCUT2D eigenvalue weighted by Gasteiger charge is 2.40. The van der Waals surface area contributed by atoms with Gasteiger partial charge in [0, 0.05) is 32.2 Å². The molecule has 0 saturated carbocycles. The molecule has 2 aromatic rings. The Bertz CT molecular complexity index is 852. The quantitative estimate of drug-likeness (QED) is 0.781. The second kappa shape index (κ2) is 6.39. The van der Waals surface area contributed by atoms with Gasteiger partial charge in [-0.15, -0.1) is 0 Å². The molecule has 1 aliphatic heterocycles.